The highest BCUT2D eigenvalue weighted by Gasteiger charge is 2.39. The van der Waals surface area contributed by atoms with E-state index in [2.05, 4.69) is 0 Å². The highest BCUT2D eigenvalue weighted by Crippen LogP contribution is 2.23. The summed E-state index contributed by atoms with van der Waals surface area (Å²) in [7, 11) is -3.05. The summed E-state index contributed by atoms with van der Waals surface area (Å²) >= 11 is 0. The van der Waals surface area contributed by atoms with Gasteiger partial charge in [0.25, 0.3) is 0 Å². The van der Waals surface area contributed by atoms with Crippen molar-refractivity contribution in [1.29, 1.82) is 0 Å². The molecule has 1 aromatic rings. The van der Waals surface area contributed by atoms with Gasteiger partial charge in [-0.25, -0.2) is 0 Å². The maximum Gasteiger partial charge on any atom is 0.307 e. The number of carbonyl (C=O) groups excluding carboxylic acids is 1. The predicted octanol–water partition coefficient (Wildman–Crippen LogP) is 1.92. The molecule has 1 fully saturated rings. The number of aryl methyl sites for hydroxylation is 1. The second-order valence-corrected chi connectivity index (χ2v) is 7.20. The Morgan fingerprint density at radius 1 is 1.36 bits per heavy atom. The third kappa shape index (κ3) is 3.97. The van der Waals surface area contributed by atoms with E-state index < -0.39 is 15.5 Å². The molecular weight excluding hydrogens is 309 g/mol. The number of benzene rings is 1. The van der Waals surface area contributed by atoms with E-state index in [0.29, 0.717) is 6.42 Å². The number of nitrogens with zero attached hydrogens (tertiary/aromatic N) is 1. The quantitative estimate of drug-likeness (QED) is 0.748. The molecule has 0 N–H and O–H groups in total. The molecule has 1 aliphatic heterocycles. The van der Waals surface area contributed by atoms with E-state index in [0.717, 1.165) is 17.7 Å². The van der Waals surface area contributed by atoms with Crippen LogP contribution in [0.4, 0.5) is 3.89 Å². The first-order valence-corrected chi connectivity index (χ1v) is 8.62. The van der Waals surface area contributed by atoms with Crippen LogP contribution in [0.1, 0.15) is 25.3 Å². The van der Waals surface area contributed by atoms with Crippen LogP contribution in [0.25, 0.3) is 0 Å². The van der Waals surface area contributed by atoms with Crippen molar-refractivity contribution in [2.24, 2.45) is 0 Å². The molecule has 0 saturated carbocycles. The molecule has 1 aliphatic rings. The van der Waals surface area contributed by atoms with Crippen molar-refractivity contribution in [1.82, 2.24) is 4.90 Å². The van der Waals surface area contributed by atoms with Crippen LogP contribution < -0.4 is 4.74 Å². The summed E-state index contributed by atoms with van der Waals surface area (Å²) in [6.45, 7) is 1.80. The van der Waals surface area contributed by atoms with Crippen LogP contribution >= 0.6 is 0 Å². The molecule has 7 heteroatoms. The molecule has 1 amide bonds. The maximum atomic E-state index is 13.0. The summed E-state index contributed by atoms with van der Waals surface area (Å²) in [5, 5.41) is -1.22. The lowest BCUT2D eigenvalue weighted by atomic mass is 10.1. The molecule has 0 aromatic heterocycles. The number of ether oxygens (including phenoxy) is 1. The molecular formula is C15H20FNO4S. The van der Waals surface area contributed by atoms with Gasteiger partial charge in [-0.3, -0.25) is 4.79 Å². The Kier molecular flexibility index (Phi) is 5.05. The average Bonchev–Trinajstić information content (AvgIpc) is 2.87. The number of hydrogen-bond acceptors (Lipinski definition) is 4. The van der Waals surface area contributed by atoms with Gasteiger partial charge in [-0.2, -0.15) is 8.42 Å². The minimum atomic E-state index is -4.65. The smallest absolute Gasteiger partial charge is 0.307 e. The number of hydrogen-bond donors (Lipinski definition) is 0. The Hall–Kier alpha value is -1.63. The molecule has 1 heterocycles. The zero-order chi connectivity index (χ0) is 16.3. The van der Waals surface area contributed by atoms with Gasteiger partial charge in [-0.05, 0) is 37.5 Å². The predicted molar refractivity (Wildman–Crippen MR) is 80.9 cm³/mol. The lowest BCUT2D eigenvalue weighted by Gasteiger charge is -2.24. The summed E-state index contributed by atoms with van der Waals surface area (Å²) in [5.41, 5.74) is 1.11. The van der Waals surface area contributed by atoms with E-state index in [1.165, 1.54) is 4.90 Å². The van der Waals surface area contributed by atoms with Gasteiger partial charge in [-0.1, -0.05) is 12.1 Å². The first-order chi connectivity index (χ1) is 10.3. The molecule has 1 saturated heterocycles. The molecule has 2 rings (SSSR count). The lowest BCUT2D eigenvalue weighted by Crippen LogP contribution is -2.35. The number of carbonyl (C=O) groups is 1. The summed E-state index contributed by atoms with van der Waals surface area (Å²) in [5.74, 6) is 0.482. The minimum absolute atomic E-state index is 0.0541. The third-order valence-electron chi connectivity index (χ3n) is 4.06. The van der Waals surface area contributed by atoms with E-state index >= 15 is 0 Å². The molecule has 5 nitrogen and oxygen atoms in total. The molecule has 122 valence electrons. The largest absolute Gasteiger partial charge is 0.497 e. The monoisotopic (exact) mass is 329 g/mol. The number of methoxy groups -OCH3 is 1. The van der Waals surface area contributed by atoms with Crippen LogP contribution in [0, 0.1) is 0 Å². The lowest BCUT2D eigenvalue weighted by molar-refractivity contribution is -0.129. The second kappa shape index (κ2) is 6.64. The van der Waals surface area contributed by atoms with Gasteiger partial charge in [0.2, 0.25) is 5.91 Å². The van der Waals surface area contributed by atoms with Gasteiger partial charge >= 0.3 is 10.2 Å². The average molecular weight is 329 g/mol. The van der Waals surface area contributed by atoms with Crippen molar-refractivity contribution >= 4 is 16.1 Å². The van der Waals surface area contributed by atoms with E-state index in [1.54, 1.807) is 7.11 Å². The van der Waals surface area contributed by atoms with Crippen LogP contribution in [0.5, 0.6) is 5.75 Å². The fraction of sp³-hybridized carbons (Fsp3) is 0.533. The van der Waals surface area contributed by atoms with Crippen molar-refractivity contribution in [2.45, 2.75) is 37.5 Å². The van der Waals surface area contributed by atoms with Crippen LogP contribution in [0.15, 0.2) is 24.3 Å². The van der Waals surface area contributed by atoms with Crippen molar-refractivity contribution in [3.63, 3.8) is 0 Å². The molecule has 2 atom stereocenters. The van der Waals surface area contributed by atoms with Crippen LogP contribution in [-0.2, 0) is 21.4 Å². The minimum Gasteiger partial charge on any atom is -0.497 e. The van der Waals surface area contributed by atoms with Gasteiger partial charge in [0.05, 0.1) is 7.11 Å². The Bertz CT molecular complexity index is 629. The third-order valence-corrected chi connectivity index (χ3v) is 5.18. The van der Waals surface area contributed by atoms with E-state index in [1.807, 2.05) is 31.2 Å². The molecule has 2 unspecified atom stereocenters. The zero-order valence-corrected chi connectivity index (χ0v) is 13.5. The van der Waals surface area contributed by atoms with Crippen molar-refractivity contribution in [3.05, 3.63) is 29.8 Å². The van der Waals surface area contributed by atoms with Crippen molar-refractivity contribution in [3.8, 4) is 5.75 Å². The molecule has 0 bridgehead atoms. The highest BCUT2D eigenvalue weighted by atomic mass is 32.3. The van der Waals surface area contributed by atoms with Gasteiger partial charge in [0.1, 0.15) is 11.0 Å². The van der Waals surface area contributed by atoms with Crippen molar-refractivity contribution < 1.29 is 21.8 Å². The van der Waals surface area contributed by atoms with Gasteiger partial charge in [0.15, 0.2) is 0 Å². The summed E-state index contributed by atoms with van der Waals surface area (Å²) in [4.78, 5) is 13.3. The number of halogens is 1. The Morgan fingerprint density at radius 3 is 2.50 bits per heavy atom. The topological polar surface area (TPSA) is 63.7 Å². The van der Waals surface area contributed by atoms with Gasteiger partial charge in [-0.15, -0.1) is 3.89 Å². The molecule has 22 heavy (non-hydrogen) atoms. The van der Waals surface area contributed by atoms with Crippen LogP contribution in [0.3, 0.4) is 0 Å². The number of rotatable bonds is 6. The molecule has 0 radical (unpaired) electrons. The second-order valence-electron chi connectivity index (χ2n) is 5.58. The van der Waals surface area contributed by atoms with Gasteiger partial charge in [0, 0.05) is 19.0 Å². The van der Waals surface area contributed by atoms with Crippen molar-refractivity contribution in [2.75, 3.05) is 13.7 Å². The Morgan fingerprint density at radius 2 is 2.00 bits per heavy atom. The van der Waals surface area contributed by atoms with E-state index in [-0.39, 0.29) is 24.9 Å². The van der Waals surface area contributed by atoms with Crippen LogP contribution in [0.2, 0.25) is 0 Å². The number of amides is 1. The fourth-order valence-electron chi connectivity index (χ4n) is 2.64. The molecule has 0 aliphatic carbocycles. The standard InChI is InChI=1S/C15H20FNO4S/c1-11(3-4-12-5-7-13(21-2)8-6-12)17-10-14(9-15(17)18)22(16,19)20/h5-8,11,14H,3-4,9-10H2,1-2H3. The first kappa shape index (κ1) is 16.7. The normalized spacial score (nSPS) is 20.2. The van der Waals surface area contributed by atoms with Gasteiger partial charge < -0.3 is 9.64 Å². The van der Waals surface area contributed by atoms with Crippen LogP contribution in [-0.4, -0.2) is 44.2 Å². The zero-order valence-electron chi connectivity index (χ0n) is 12.7. The molecule has 1 aromatic carbocycles. The van der Waals surface area contributed by atoms with E-state index in [4.69, 9.17) is 4.74 Å². The fourth-order valence-corrected chi connectivity index (χ4v) is 3.32. The molecule has 0 spiro atoms. The van der Waals surface area contributed by atoms with E-state index in [9.17, 15) is 17.1 Å². The Balaban J connectivity index is 1.91. The summed E-state index contributed by atoms with van der Waals surface area (Å²) < 4.78 is 40.0. The summed E-state index contributed by atoms with van der Waals surface area (Å²) in [6, 6.07) is 7.51. The number of likely N-dealkylation sites (tertiary alicyclic amines) is 1. The first-order valence-electron chi connectivity index (χ1n) is 7.17. The summed E-state index contributed by atoms with van der Waals surface area (Å²) in [6.07, 6.45) is 1.19. The highest BCUT2D eigenvalue weighted by molar-refractivity contribution is 7.87. The maximum absolute atomic E-state index is 13.0. The SMILES string of the molecule is COc1ccc(CCC(C)N2CC(S(=O)(=O)F)CC2=O)cc1. The Labute approximate surface area is 130 Å².